The molecule has 0 bridgehead atoms. The molecule has 0 aliphatic rings. The second kappa shape index (κ2) is 6.12. The highest BCUT2D eigenvalue weighted by Crippen LogP contribution is 2.21. The van der Waals surface area contributed by atoms with Crippen LogP contribution < -0.4 is 0 Å². The number of benzene rings is 1. The monoisotopic (exact) mass is 233 g/mol. The van der Waals surface area contributed by atoms with E-state index in [-0.39, 0.29) is 17.2 Å². The first kappa shape index (κ1) is 12.5. The number of para-hydroxylation sites is 2. The predicted octanol–water partition coefficient (Wildman–Crippen LogP) is 1.88. The number of aromatic carboxylic acids is 1. The Hall–Kier alpha value is -2.56. The molecule has 0 saturated carbocycles. The van der Waals surface area contributed by atoms with Crippen molar-refractivity contribution in [2.45, 2.75) is 0 Å². The molecular weight excluding hydrogens is 222 g/mol. The Labute approximate surface area is 97.6 Å². The van der Waals surface area contributed by atoms with Crippen molar-refractivity contribution >= 4 is 5.97 Å². The molecular formula is C12H11NO4. The zero-order chi connectivity index (χ0) is 12.7. The molecule has 0 aliphatic carbocycles. The zero-order valence-corrected chi connectivity index (χ0v) is 8.82. The molecule has 0 unspecified atom stereocenters. The minimum Gasteiger partial charge on any atom is -0.504 e. The Kier molecular flexibility index (Phi) is 4.50. The summed E-state index contributed by atoms with van der Waals surface area (Å²) in [4.78, 5) is 13.7. The van der Waals surface area contributed by atoms with Crippen molar-refractivity contribution in [3.63, 3.8) is 0 Å². The van der Waals surface area contributed by atoms with Crippen molar-refractivity contribution in [1.82, 2.24) is 4.98 Å². The molecule has 1 heterocycles. The summed E-state index contributed by atoms with van der Waals surface area (Å²) < 4.78 is 0. The maximum absolute atomic E-state index is 10.1. The second-order valence-electron chi connectivity index (χ2n) is 3.01. The van der Waals surface area contributed by atoms with Crippen LogP contribution >= 0.6 is 0 Å². The molecule has 0 fully saturated rings. The molecule has 0 atom stereocenters. The van der Waals surface area contributed by atoms with Crippen molar-refractivity contribution in [3.05, 3.63) is 54.4 Å². The number of carbonyl (C=O) groups is 1. The van der Waals surface area contributed by atoms with Crippen molar-refractivity contribution < 1.29 is 20.1 Å². The number of phenols is 2. The van der Waals surface area contributed by atoms with Crippen LogP contribution in [0, 0.1) is 0 Å². The molecule has 0 radical (unpaired) electrons. The molecule has 0 aliphatic heterocycles. The minimum absolute atomic E-state index is 0.0764. The fourth-order valence-electron chi connectivity index (χ4n) is 0.953. The lowest BCUT2D eigenvalue weighted by Gasteiger charge is -1.91. The third kappa shape index (κ3) is 4.21. The average molecular weight is 233 g/mol. The van der Waals surface area contributed by atoms with E-state index in [0.29, 0.717) is 0 Å². The Morgan fingerprint density at radius 1 is 0.941 bits per heavy atom. The summed E-state index contributed by atoms with van der Waals surface area (Å²) in [7, 11) is 0. The van der Waals surface area contributed by atoms with Gasteiger partial charge in [-0.05, 0) is 24.3 Å². The van der Waals surface area contributed by atoms with E-state index >= 15 is 0 Å². The summed E-state index contributed by atoms with van der Waals surface area (Å²) >= 11 is 0. The SMILES string of the molecule is O=C(O)c1ccccn1.Oc1ccccc1O. The van der Waals surface area contributed by atoms with Gasteiger partial charge in [0.2, 0.25) is 0 Å². The van der Waals surface area contributed by atoms with E-state index in [4.69, 9.17) is 15.3 Å². The van der Waals surface area contributed by atoms with Crippen molar-refractivity contribution in [2.24, 2.45) is 0 Å². The molecule has 2 aromatic rings. The normalized spacial score (nSPS) is 8.94. The van der Waals surface area contributed by atoms with Crippen LogP contribution in [0.4, 0.5) is 0 Å². The molecule has 17 heavy (non-hydrogen) atoms. The molecule has 2 rings (SSSR count). The van der Waals surface area contributed by atoms with Gasteiger partial charge in [0.1, 0.15) is 5.69 Å². The molecule has 3 N–H and O–H groups in total. The maximum Gasteiger partial charge on any atom is 0.354 e. The lowest BCUT2D eigenvalue weighted by Crippen LogP contribution is -1.97. The number of carboxylic acids is 1. The molecule has 88 valence electrons. The van der Waals surface area contributed by atoms with Crippen LogP contribution in [-0.2, 0) is 0 Å². The molecule has 0 saturated heterocycles. The number of pyridine rings is 1. The van der Waals surface area contributed by atoms with E-state index in [1.54, 1.807) is 24.3 Å². The number of aromatic hydroxyl groups is 2. The highest BCUT2D eigenvalue weighted by Gasteiger charge is 1.98. The van der Waals surface area contributed by atoms with Crippen LogP contribution in [-0.4, -0.2) is 26.3 Å². The molecule has 0 spiro atoms. The first-order valence-corrected chi connectivity index (χ1v) is 4.72. The molecule has 5 heteroatoms. The van der Waals surface area contributed by atoms with Gasteiger partial charge in [-0.2, -0.15) is 0 Å². The van der Waals surface area contributed by atoms with Crippen molar-refractivity contribution in [2.75, 3.05) is 0 Å². The van der Waals surface area contributed by atoms with E-state index in [2.05, 4.69) is 4.98 Å². The Morgan fingerprint density at radius 3 is 1.76 bits per heavy atom. The van der Waals surface area contributed by atoms with Gasteiger partial charge in [-0.3, -0.25) is 0 Å². The molecule has 1 aromatic carbocycles. The summed E-state index contributed by atoms with van der Waals surface area (Å²) in [6.07, 6.45) is 1.45. The van der Waals surface area contributed by atoms with Gasteiger partial charge in [-0.15, -0.1) is 0 Å². The number of phenolic OH excluding ortho intramolecular Hbond substituents is 2. The van der Waals surface area contributed by atoms with E-state index in [1.165, 1.54) is 24.4 Å². The highest BCUT2D eigenvalue weighted by atomic mass is 16.4. The predicted molar refractivity (Wildman–Crippen MR) is 61.0 cm³/mol. The third-order valence-electron chi connectivity index (χ3n) is 1.77. The van der Waals surface area contributed by atoms with Gasteiger partial charge in [-0.1, -0.05) is 18.2 Å². The first-order chi connectivity index (χ1) is 8.11. The van der Waals surface area contributed by atoms with Gasteiger partial charge in [-0.25, -0.2) is 9.78 Å². The minimum atomic E-state index is -0.990. The van der Waals surface area contributed by atoms with Crippen molar-refractivity contribution in [3.8, 4) is 11.5 Å². The van der Waals surface area contributed by atoms with E-state index in [1.807, 2.05) is 0 Å². The van der Waals surface area contributed by atoms with Crippen LogP contribution in [0.1, 0.15) is 10.5 Å². The maximum atomic E-state index is 10.1. The number of carboxylic acid groups (broad SMARTS) is 1. The lowest BCUT2D eigenvalue weighted by atomic mass is 10.3. The number of hydrogen-bond donors (Lipinski definition) is 3. The van der Waals surface area contributed by atoms with Crippen LogP contribution in [0.2, 0.25) is 0 Å². The molecule has 1 aromatic heterocycles. The van der Waals surface area contributed by atoms with Crippen LogP contribution in [0.25, 0.3) is 0 Å². The summed E-state index contributed by atoms with van der Waals surface area (Å²) in [5, 5.41) is 25.7. The molecule has 0 amide bonds. The number of nitrogens with zero attached hydrogens (tertiary/aromatic N) is 1. The van der Waals surface area contributed by atoms with Gasteiger partial charge >= 0.3 is 5.97 Å². The smallest absolute Gasteiger partial charge is 0.354 e. The summed E-state index contributed by atoms with van der Waals surface area (Å²) in [6, 6.07) is 10.9. The van der Waals surface area contributed by atoms with Crippen LogP contribution in [0.3, 0.4) is 0 Å². The van der Waals surface area contributed by atoms with E-state index in [9.17, 15) is 4.79 Å². The highest BCUT2D eigenvalue weighted by molar-refractivity contribution is 5.85. The van der Waals surface area contributed by atoms with E-state index in [0.717, 1.165) is 0 Å². The average Bonchev–Trinajstić information content (AvgIpc) is 2.35. The van der Waals surface area contributed by atoms with Gasteiger partial charge in [0, 0.05) is 6.20 Å². The summed E-state index contributed by atoms with van der Waals surface area (Å²) in [5.41, 5.74) is 0.0810. The summed E-state index contributed by atoms with van der Waals surface area (Å²) in [6.45, 7) is 0. The number of aromatic nitrogens is 1. The van der Waals surface area contributed by atoms with Gasteiger partial charge in [0.15, 0.2) is 11.5 Å². The Balaban J connectivity index is 0.000000171. The standard InChI is InChI=1S/C6H5NO2.C6H6O2/c8-6(9)5-3-1-2-4-7-5;7-5-3-1-2-4-6(5)8/h1-4H,(H,8,9);1-4,7-8H. The van der Waals surface area contributed by atoms with Crippen molar-refractivity contribution in [1.29, 1.82) is 0 Å². The quantitative estimate of drug-likeness (QED) is 0.654. The fraction of sp³-hybridized carbons (Fsp3) is 0. The van der Waals surface area contributed by atoms with Crippen LogP contribution in [0.15, 0.2) is 48.7 Å². The fourth-order valence-corrected chi connectivity index (χ4v) is 0.953. The largest absolute Gasteiger partial charge is 0.504 e. The lowest BCUT2D eigenvalue weighted by molar-refractivity contribution is 0.0690. The van der Waals surface area contributed by atoms with Gasteiger partial charge in [0.05, 0.1) is 0 Å². The summed E-state index contributed by atoms with van der Waals surface area (Å²) in [5.74, 6) is -1.14. The Morgan fingerprint density at radius 2 is 1.47 bits per heavy atom. The van der Waals surface area contributed by atoms with E-state index < -0.39 is 5.97 Å². The number of rotatable bonds is 1. The first-order valence-electron chi connectivity index (χ1n) is 4.72. The second-order valence-corrected chi connectivity index (χ2v) is 3.01. The zero-order valence-electron chi connectivity index (χ0n) is 8.82. The van der Waals surface area contributed by atoms with Gasteiger partial charge in [0.25, 0.3) is 0 Å². The Bertz CT molecular complexity index is 464. The topological polar surface area (TPSA) is 90.7 Å². The van der Waals surface area contributed by atoms with Gasteiger partial charge < -0.3 is 15.3 Å². The third-order valence-corrected chi connectivity index (χ3v) is 1.77. The van der Waals surface area contributed by atoms with Crippen LogP contribution in [0.5, 0.6) is 11.5 Å². The molecule has 5 nitrogen and oxygen atoms in total. The number of hydrogen-bond acceptors (Lipinski definition) is 4.